The van der Waals surface area contributed by atoms with Crippen molar-refractivity contribution in [2.75, 3.05) is 5.32 Å². The molecule has 1 aromatic heterocycles. The zero-order valence-electron chi connectivity index (χ0n) is 9.73. The molecule has 2 aromatic rings. The van der Waals surface area contributed by atoms with Crippen molar-refractivity contribution < 1.29 is 9.90 Å². The molecule has 0 radical (unpaired) electrons. The molecule has 0 saturated heterocycles. The van der Waals surface area contributed by atoms with E-state index in [1.165, 1.54) is 12.3 Å². The SMILES string of the molecule is O=C(Cc1ccc(Cl)c(Cl)c1)Nc1ncccc1O. The lowest BCUT2D eigenvalue weighted by molar-refractivity contribution is -0.115. The van der Waals surface area contributed by atoms with E-state index < -0.39 is 0 Å². The van der Waals surface area contributed by atoms with E-state index in [4.69, 9.17) is 23.2 Å². The van der Waals surface area contributed by atoms with E-state index in [-0.39, 0.29) is 23.9 Å². The molecule has 19 heavy (non-hydrogen) atoms. The molecule has 0 bridgehead atoms. The first-order valence-electron chi connectivity index (χ1n) is 5.44. The van der Waals surface area contributed by atoms with Gasteiger partial charge in [-0.1, -0.05) is 29.3 Å². The van der Waals surface area contributed by atoms with Crippen molar-refractivity contribution in [3.05, 3.63) is 52.1 Å². The minimum absolute atomic E-state index is 0.0787. The molecule has 0 aliphatic carbocycles. The molecule has 98 valence electrons. The van der Waals surface area contributed by atoms with Crippen LogP contribution in [0.1, 0.15) is 5.56 Å². The summed E-state index contributed by atoms with van der Waals surface area (Å²) in [5.41, 5.74) is 0.724. The molecule has 0 spiro atoms. The predicted molar refractivity (Wildman–Crippen MR) is 74.7 cm³/mol. The number of aromatic nitrogens is 1. The molecule has 4 nitrogen and oxygen atoms in total. The Morgan fingerprint density at radius 1 is 1.26 bits per heavy atom. The van der Waals surface area contributed by atoms with Crippen LogP contribution in [0.25, 0.3) is 0 Å². The maximum absolute atomic E-state index is 11.8. The average Bonchev–Trinajstić information content (AvgIpc) is 2.37. The number of rotatable bonds is 3. The highest BCUT2D eigenvalue weighted by molar-refractivity contribution is 6.42. The summed E-state index contributed by atoms with van der Waals surface area (Å²) in [6.45, 7) is 0. The number of anilines is 1. The largest absolute Gasteiger partial charge is 0.504 e. The molecule has 2 N–H and O–H groups in total. The summed E-state index contributed by atoms with van der Waals surface area (Å²) in [6.07, 6.45) is 1.60. The molecule has 1 heterocycles. The van der Waals surface area contributed by atoms with Crippen LogP contribution in [0.3, 0.4) is 0 Å². The highest BCUT2D eigenvalue weighted by Crippen LogP contribution is 2.23. The monoisotopic (exact) mass is 296 g/mol. The fraction of sp³-hybridized carbons (Fsp3) is 0.0769. The number of pyridine rings is 1. The first kappa shape index (κ1) is 13.6. The molecular weight excluding hydrogens is 287 g/mol. The quantitative estimate of drug-likeness (QED) is 0.914. The van der Waals surface area contributed by atoms with E-state index in [2.05, 4.69) is 10.3 Å². The van der Waals surface area contributed by atoms with Crippen molar-refractivity contribution in [3.8, 4) is 5.75 Å². The van der Waals surface area contributed by atoms with Gasteiger partial charge in [0.05, 0.1) is 16.5 Å². The van der Waals surface area contributed by atoms with Crippen LogP contribution in [-0.2, 0) is 11.2 Å². The molecule has 0 fully saturated rings. The van der Waals surface area contributed by atoms with Gasteiger partial charge in [0.25, 0.3) is 0 Å². The van der Waals surface area contributed by atoms with Gasteiger partial charge in [0.2, 0.25) is 5.91 Å². The lowest BCUT2D eigenvalue weighted by Crippen LogP contribution is -2.15. The Labute approximate surface area is 120 Å². The zero-order chi connectivity index (χ0) is 13.8. The minimum Gasteiger partial charge on any atom is -0.504 e. The topological polar surface area (TPSA) is 62.2 Å². The van der Waals surface area contributed by atoms with Crippen LogP contribution in [0.2, 0.25) is 10.0 Å². The van der Waals surface area contributed by atoms with Crippen molar-refractivity contribution in [3.63, 3.8) is 0 Å². The number of nitrogens with one attached hydrogen (secondary N) is 1. The fourth-order valence-corrected chi connectivity index (χ4v) is 1.83. The van der Waals surface area contributed by atoms with Crippen molar-refractivity contribution >= 4 is 34.9 Å². The lowest BCUT2D eigenvalue weighted by atomic mass is 10.1. The van der Waals surface area contributed by atoms with Gasteiger partial charge in [-0.3, -0.25) is 4.79 Å². The first-order chi connectivity index (χ1) is 9.06. The zero-order valence-corrected chi connectivity index (χ0v) is 11.2. The van der Waals surface area contributed by atoms with Gasteiger partial charge in [-0.05, 0) is 29.8 Å². The minimum atomic E-state index is -0.299. The van der Waals surface area contributed by atoms with Crippen LogP contribution >= 0.6 is 23.2 Å². The number of carbonyl (C=O) groups excluding carboxylic acids is 1. The highest BCUT2D eigenvalue weighted by atomic mass is 35.5. The standard InChI is InChI=1S/C13H10Cl2N2O2/c14-9-4-3-8(6-10(9)15)7-12(19)17-13-11(18)2-1-5-16-13/h1-6,18H,7H2,(H,16,17,19). The molecule has 1 aromatic carbocycles. The van der Waals surface area contributed by atoms with Crippen molar-refractivity contribution in [2.45, 2.75) is 6.42 Å². The molecule has 0 aliphatic heterocycles. The van der Waals surface area contributed by atoms with Gasteiger partial charge in [0.1, 0.15) is 0 Å². The second kappa shape index (κ2) is 5.91. The number of hydrogen-bond acceptors (Lipinski definition) is 3. The Bertz CT molecular complexity index is 617. The van der Waals surface area contributed by atoms with E-state index in [1.54, 1.807) is 24.3 Å². The lowest BCUT2D eigenvalue weighted by Gasteiger charge is -2.06. The highest BCUT2D eigenvalue weighted by Gasteiger charge is 2.09. The van der Waals surface area contributed by atoms with Gasteiger partial charge in [-0.25, -0.2) is 4.98 Å². The van der Waals surface area contributed by atoms with Crippen LogP contribution in [0, 0.1) is 0 Å². The smallest absolute Gasteiger partial charge is 0.230 e. The summed E-state index contributed by atoms with van der Waals surface area (Å²) in [6, 6.07) is 7.99. The maximum atomic E-state index is 11.8. The van der Waals surface area contributed by atoms with E-state index in [1.807, 2.05) is 0 Å². The Kier molecular flexibility index (Phi) is 4.24. The van der Waals surface area contributed by atoms with Crippen molar-refractivity contribution in [1.82, 2.24) is 4.98 Å². The summed E-state index contributed by atoms with van der Waals surface area (Å²) in [5, 5.41) is 12.8. The number of halogens is 2. The molecular formula is C13H10Cl2N2O2. The molecule has 0 saturated carbocycles. The Morgan fingerprint density at radius 2 is 2.05 bits per heavy atom. The first-order valence-corrected chi connectivity index (χ1v) is 6.19. The van der Waals surface area contributed by atoms with Gasteiger partial charge in [-0.15, -0.1) is 0 Å². The van der Waals surface area contributed by atoms with Crippen LogP contribution < -0.4 is 5.32 Å². The third kappa shape index (κ3) is 3.59. The molecule has 2 rings (SSSR count). The summed E-state index contributed by atoms with van der Waals surface area (Å²) in [4.78, 5) is 15.7. The Morgan fingerprint density at radius 3 is 2.74 bits per heavy atom. The molecule has 0 aliphatic rings. The van der Waals surface area contributed by atoms with E-state index in [9.17, 15) is 9.90 Å². The second-order valence-electron chi connectivity index (χ2n) is 3.84. The number of nitrogens with zero attached hydrogens (tertiary/aromatic N) is 1. The Balaban J connectivity index is 2.05. The number of aromatic hydroxyl groups is 1. The van der Waals surface area contributed by atoms with E-state index in [0.29, 0.717) is 10.0 Å². The van der Waals surface area contributed by atoms with Crippen molar-refractivity contribution in [1.29, 1.82) is 0 Å². The average molecular weight is 297 g/mol. The number of benzene rings is 1. The van der Waals surface area contributed by atoms with E-state index >= 15 is 0 Å². The fourth-order valence-electron chi connectivity index (χ4n) is 1.50. The van der Waals surface area contributed by atoms with Crippen molar-refractivity contribution in [2.24, 2.45) is 0 Å². The molecule has 0 atom stereocenters. The summed E-state index contributed by atoms with van der Waals surface area (Å²) >= 11 is 11.7. The summed E-state index contributed by atoms with van der Waals surface area (Å²) in [5.74, 6) is -0.245. The molecule has 0 unspecified atom stereocenters. The van der Waals surface area contributed by atoms with Gasteiger partial charge < -0.3 is 10.4 Å². The summed E-state index contributed by atoms with van der Waals surface area (Å²) in [7, 11) is 0. The maximum Gasteiger partial charge on any atom is 0.230 e. The predicted octanol–water partition coefficient (Wildman–Crippen LogP) is 3.28. The van der Waals surface area contributed by atoms with Gasteiger partial charge in [-0.2, -0.15) is 0 Å². The summed E-state index contributed by atoms with van der Waals surface area (Å²) < 4.78 is 0. The van der Waals surface area contributed by atoms with Crippen LogP contribution in [0.15, 0.2) is 36.5 Å². The van der Waals surface area contributed by atoms with Gasteiger partial charge in [0, 0.05) is 6.20 Å². The molecule has 1 amide bonds. The normalized spacial score (nSPS) is 10.2. The third-order valence-electron chi connectivity index (χ3n) is 2.39. The van der Waals surface area contributed by atoms with E-state index in [0.717, 1.165) is 5.56 Å². The Hall–Kier alpha value is -1.78. The van der Waals surface area contributed by atoms with Crippen LogP contribution in [-0.4, -0.2) is 16.0 Å². The second-order valence-corrected chi connectivity index (χ2v) is 4.66. The number of carbonyl (C=O) groups is 1. The molecule has 6 heteroatoms. The number of hydrogen-bond donors (Lipinski definition) is 2. The van der Waals surface area contributed by atoms with Crippen LogP contribution in [0.5, 0.6) is 5.75 Å². The van der Waals surface area contributed by atoms with Crippen LogP contribution in [0.4, 0.5) is 5.82 Å². The van der Waals surface area contributed by atoms with Gasteiger partial charge in [0.15, 0.2) is 11.6 Å². The number of amides is 1. The van der Waals surface area contributed by atoms with Gasteiger partial charge >= 0.3 is 0 Å². The third-order valence-corrected chi connectivity index (χ3v) is 3.13.